The number of hydrogen-bond acceptors (Lipinski definition) is 6. The van der Waals surface area contributed by atoms with E-state index in [4.69, 9.17) is 18.9 Å². The number of rotatable bonds is 9. The van der Waals surface area contributed by atoms with Crippen LogP contribution in [0.1, 0.15) is 47.7 Å². The van der Waals surface area contributed by atoms with Gasteiger partial charge in [0.15, 0.2) is 17.1 Å². The second kappa shape index (κ2) is 9.43. The minimum Gasteiger partial charge on any atom is -0.495 e. The summed E-state index contributed by atoms with van der Waals surface area (Å²) in [5, 5.41) is 9.59. The standard InChI is InChI=1S/C23H29NO7/c1-12(2)14-9-13-10-17(31-8-6-7-28-3)16(29-4)11-15(13)20-18(14)21(30-5)19(23(26)27)22(25)24-20/h10-12,14H,6-9H2,1-5H3,(H,24,25)(H,26,27). The van der Waals surface area contributed by atoms with Gasteiger partial charge in [0.1, 0.15) is 5.75 Å². The van der Waals surface area contributed by atoms with E-state index < -0.39 is 11.5 Å². The van der Waals surface area contributed by atoms with E-state index in [1.54, 1.807) is 14.2 Å². The van der Waals surface area contributed by atoms with Crippen LogP contribution in [0, 0.1) is 5.92 Å². The van der Waals surface area contributed by atoms with E-state index in [0.29, 0.717) is 42.4 Å². The summed E-state index contributed by atoms with van der Waals surface area (Å²) in [7, 11) is 4.60. The third-order valence-electron chi connectivity index (χ3n) is 5.65. The summed E-state index contributed by atoms with van der Waals surface area (Å²) in [4.78, 5) is 27.2. The van der Waals surface area contributed by atoms with Crippen LogP contribution in [0.25, 0.3) is 11.3 Å². The van der Waals surface area contributed by atoms with Gasteiger partial charge in [0.25, 0.3) is 5.56 Å². The topological polar surface area (TPSA) is 107 Å². The van der Waals surface area contributed by atoms with Gasteiger partial charge in [-0.15, -0.1) is 0 Å². The smallest absolute Gasteiger partial charge is 0.345 e. The van der Waals surface area contributed by atoms with Gasteiger partial charge in [-0.1, -0.05) is 13.8 Å². The molecule has 0 amide bonds. The number of benzene rings is 1. The summed E-state index contributed by atoms with van der Waals surface area (Å²) < 4.78 is 22.0. The normalized spacial score (nSPS) is 14.7. The fraction of sp³-hybridized carbons (Fsp3) is 0.478. The molecule has 1 aliphatic carbocycles. The molecule has 0 saturated carbocycles. The van der Waals surface area contributed by atoms with E-state index in [1.165, 1.54) is 7.11 Å². The summed E-state index contributed by atoms with van der Waals surface area (Å²) in [6, 6.07) is 3.77. The zero-order valence-corrected chi connectivity index (χ0v) is 18.5. The summed E-state index contributed by atoms with van der Waals surface area (Å²) in [5.74, 6) is 0.108. The maximum Gasteiger partial charge on any atom is 0.345 e. The molecule has 8 nitrogen and oxygen atoms in total. The van der Waals surface area contributed by atoms with E-state index >= 15 is 0 Å². The molecule has 8 heteroatoms. The number of H-pyrrole nitrogens is 1. The lowest BCUT2D eigenvalue weighted by Crippen LogP contribution is -2.26. The Morgan fingerprint density at radius 1 is 1.16 bits per heavy atom. The van der Waals surface area contributed by atoms with Gasteiger partial charge in [-0.25, -0.2) is 4.79 Å². The number of aromatic amines is 1. The Balaban J connectivity index is 2.20. The monoisotopic (exact) mass is 431 g/mol. The fourth-order valence-electron chi connectivity index (χ4n) is 4.14. The molecule has 31 heavy (non-hydrogen) atoms. The highest BCUT2D eigenvalue weighted by Gasteiger charge is 2.35. The highest BCUT2D eigenvalue weighted by Crippen LogP contribution is 2.48. The lowest BCUT2D eigenvalue weighted by Gasteiger charge is -2.32. The molecule has 0 aliphatic heterocycles. The van der Waals surface area contributed by atoms with Crippen LogP contribution in [0.5, 0.6) is 17.2 Å². The van der Waals surface area contributed by atoms with Gasteiger partial charge in [0.05, 0.1) is 26.5 Å². The molecule has 3 rings (SSSR count). The summed E-state index contributed by atoms with van der Waals surface area (Å²) >= 11 is 0. The number of aromatic carboxylic acids is 1. The highest BCUT2D eigenvalue weighted by molar-refractivity contribution is 5.93. The minimum atomic E-state index is -1.31. The maximum absolute atomic E-state index is 12.6. The minimum absolute atomic E-state index is 0.0397. The molecule has 0 saturated heterocycles. The first-order valence-electron chi connectivity index (χ1n) is 10.2. The molecule has 0 spiro atoms. The van der Waals surface area contributed by atoms with Crippen LogP contribution in [-0.2, 0) is 11.2 Å². The number of ether oxygens (including phenoxy) is 4. The molecular formula is C23H29NO7. The molecule has 168 valence electrons. The molecular weight excluding hydrogens is 402 g/mol. The molecule has 0 radical (unpaired) electrons. The Hall–Kier alpha value is -3.00. The van der Waals surface area contributed by atoms with Gasteiger partial charge in [-0.05, 0) is 36.0 Å². The van der Waals surface area contributed by atoms with Crippen molar-refractivity contribution in [1.29, 1.82) is 0 Å². The van der Waals surface area contributed by atoms with E-state index in [1.807, 2.05) is 12.1 Å². The number of carboxylic acid groups (broad SMARTS) is 1. The van der Waals surface area contributed by atoms with Crippen LogP contribution in [-0.4, -0.2) is 50.6 Å². The third kappa shape index (κ3) is 4.25. The number of methoxy groups -OCH3 is 3. The van der Waals surface area contributed by atoms with Crippen LogP contribution in [0.2, 0.25) is 0 Å². The van der Waals surface area contributed by atoms with Gasteiger partial charge in [0, 0.05) is 31.3 Å². The third-order valence-corrected chi connectivity index (χ3v) is 5.65. The first-order chi connectivity index (χ1) is 14.8. The predicted molar refractivity (Wildman–Crippen MR) is 116 cm³/mol. The quantitative estimate of drug-likeness (QED) is 0.586. The largest absolute Gasteiger partial charge is 0.495 e. The Morgan fingerprint density at radius 3 is 2.48 bits per heavy atom. The average molecular weight is 431 g/mol. The molecule has 0 bridgehead atoms. The number of nitrogens with one attached hydrogen (secondary N) is 1. The lowest BCUT2D eigenvalue weighted by atomic mass is 9.75. The number of carboxylic acids is 1. The SMILES string of the molecule is COCCCOc1cc2c(cc1OC)-c1[nH]c(=O)c(C(=O)O)c(OC)c1C(C(C)C)C2. The van der Waals surface area contributed by atoms with E-state index in [2.05, 4.69) is 18.8 Å². The van der Waals surface area contributed by atoms with Crippen molar-refractivity contribution in [2.75, 3.05) is 34.5 Å². The van der Waals surface area contributed by atoms with Crippen LogP contribution in [0.4, 0.5) is 0 Å². The van der Waals surface area contributed by atoms with E-state index in [-0.39, 0.29) is 23.1 Å². The summed E-state index contributed by atoms with van der Waals surface area (Å²) in [6.07, 6.45) is 1.40. The van der Waals surface area contributed by atoms with Crippen molar-refractivity contribution in [2.45, 2.75) is 32.6 Å². The van der Waals surface area contributed by atoms with E-state index in [0.717, 1.165) is 17.5 Å². The second-order valence-corrected chi connectivity index (χ2v) is 7.87. The lowest BCUT2D eigenvalue weighted by molar-refractivity contribution is 0.0691. The van der Waals surface area contributed by atoms with Gasteiger partial charge in [-0.3, -0.25) is 4.79 Å². The number of fused-ring (bicyclic) bond motifs is 3. The van der Waals surface area contributed by atoms with Gasteiger partial charge in [0.2, 0.25) is 0 Å². The van der Waals surface area contributed by atoms with Crippen LogP contribution in [0.15, 0.2) is 16.9 Å². The van der Waals surface area contributed by atoms with Crippen molar-refractivity contribution in [3.8, 4) is 28.5 Å². The molecule has 2 aromatic rings. The number of pyridine rings is 1. The highest BCUT2D eigenvalue weighted by atomic mass is 16.5. The van der Waals surface area contributed by atoms with E-state index in [9.17, 15) is 14.7 Å². The number of hydrogen-bond donors (Lipinski definition) is 2. The van der Waals surface area contributed by atoms with Gasteiger partial charge in [-0.2, -0.15) is 0 Å². The zero-order chi connectivity index (χ0) is 22.7. The van der Waals surface area contributed by atoms with Crippen LogP contribution < -0.4 is 19.8 Å². The van der Waals surface area contributed by atoms with Crippen molar-refractivity contribution >= 4 is 5.97 Å². The van der Waals surface area contributed by atoms with Gasteiger partial charge >= 0.3 is 5.97 Å². The Kier molecular flexibility index (Phi) is 6.90. The molecule has 1 aromatic carbocycles. The predicted octanol–water partition coefficient (Wildman–Crippen LogP) is 3.47. The molecule has 1 aliphatic rings. The fourth-order valence-corrected chi connectivity index (χ4v) is 4.14. The average Bonchev–Trinajstić information content (AvgIpc) is 2.74. The molecule has 1 atom stereocenters. The molecule has 1 unspecified atom stereocenters. The van der Waals surface area contributed by atoms with Gasteiger partial charge < -0.3 is 29.0 Å². The molecule has 2 N–H and O–H groups in total. The second-order valence-electron chi connectivity index (χ2n) is 7.87. The van der Waals surface area contributed by atoms with Crippen LogP contribution >= 0.6 is 0 Å². The van der Waals surface area contributed by atoms with Crippen molar-refractivity contribution in [3.63, 3.8) is 0 Å². The molecule has 1 heterocycles. The van der Waals surface area contributed by atoms with Crippen LogP contribution in [0.3, 0.4) is 0 Å². The van der Waals surface area contributed by atoms with Crippen molar-refractivity contribution in [2.24, 2.45) is 5.92 Å². The maximum atomic E-state index is 12.6. The molecule has 1 aromatic heterocycles. The Bertz CT molecular complexity index is 1030. The van der Waals surface area contributed by atoms with Crippen molar-refractivity contribution in [3.05, 3.63) is 39.2 Å². The first-order valence-corrected chi connectivity index (χ1v) is 10.2. The number of carbonyl (C=O) groups is 1. The zero-order valence-electron chi connectivity index (χ0n) is 18.5. The number of aromatic nitrogens is 1. The Morgan fingerprint density at radius 2 is 1.90 bits per heavy atom. The molecule has 0 fully saturated rings. The Labute approximate surface area is 181 Å². The summed E-state index contributed by atoms with van der Waals surface area (Å²) in [5.41, 5.74) is 1.97. The van der Waals surface area contributed by atoms with Crippen molar-refractivity contribution < 1.29 is 28.8 Å². The first kappa shape index (κ1) is 22.7. The van der Waals surface area contributed by atoms with Crippen molar-refractivity contribution in [1.82, 2.24) is 4.98 Å². The summed E-state index contributed by atoms with van der Waals surface area (Å²) in [6.45, 7) is 5.22.